The molecule has 0 amide bonds. The number of rotatable bonds is 3. The molecule has 0 bridgehead atoms. The SMILES string of the molecule is Cc1cc(N2CCOC(c3ccc(-c4cccc(Cl)c4)cn3)C2)nc(C)n1. The Balaban J connectivity index is 1.53. The molecule has 138 valence electrons. The predicted molar refractivity (Wildman–Crippen MR) is 107 cm³/mol. The van der Waals surface area contributed by atoms with Crippen LogP contribution in [0, 0.1) is 13.8 Å². The highest BCUT2D eigenvalue weighted by molar-refractivity contribution is 6.30. The smallest absolute Gasteiger partial charge is 0.132 e. The highest BCUT2D eigenvalue weighted by Gasteiger charge is 2.24. The van der Waals surface area contributed by atoms with Crippen LogP contribution >= 0.6 is 11.6 Å². The average molecular weight is 381 g/mol. The van der Waals surface area contributed by atoms with Crippen LogP contribution in [0.3, 0.4) is 0 Å². The quantitative estimate of drug-likeness (QED) is 0.674. The van der Waals surface area contributed by atoms with Gasteiger partial charge in [-0.25, -0.2) is 9.97 Å². The molecule has 0 spiro atoms. The molecule has 6 heteroatoms. The Morgan fingerprint density at radius 2 is 1.96 bits per heavy atom. The zero-order valence-corrected chi connectivity index (χ0v) is 16.1. The second kappa shape index (κ2) is 7.62. The van der Waals surface area contributed by atoms with Gasteiger partial charge in [-0.15, -0.1) is 0 Å². The van der Waals surface area contributed by atoms with Crippen molar-refractivity contribution in [2.24, 2.45) is 0 Å². The molecule has 1 fully saturated rings. The molecule has 0 aliphatic carbocycles. The molecule has 1 aromatic carbocycles. The second-order valence-electron chi connectivity index (χ2n) is 6.70. The van der Waals surface area contributed by atoms with Gasteiger partial charge in [-0.1, -0.05) is 29.8 Å². The van der Waals surface area contributed by atoms with Crippen LogP contribution in [0.15, 0.2) is 48.7 Å². The van der Waals surface area contributed by atoms with Gasteiger partial charge in [0.2, 0.25) is 0 Å². The van der Waals surface area contributed by atoms with E-state index in [0.717, 1.165) is 52.3 Å². The van der Waals surface area contributed by atoms with Crippen LogP contribution in [0.4, 0.5) is 5.82 Å². The maximum Gasteiger partial charge on any atom is 0.132 e. The van der Waals surface area contributed by atoms with Gasteiger partial charge in [0.25, 0.3) is 0 Å². The Morgan fingerprint density at radius 3 is 2.70 bits per heavy atom. The van der Waals surface area contributed by atoms with Gasteiger partial charge in [-0.2, -0.15) is 0 Å². The second-order valence-corrected chi connectivity index (χ2v) is 7.14. The Bertz CT molecular complexity index is 925. The number of ether oxygens (including phenoxy) is 1. The van der Waals surface area contributed by atoms with Crippen LogP contribution in [-0.2, 0) is 4.74 Å². The van der Waals surface area contributed by atoms with Gasteiger partial charge in [-0.05, 0) is 37.6 Å². The van der Waals surface area contributed by atoms with Crippen LogP contribution < -0.4 is 4.90 Å². The number of benzene rings is 1. The molecule has 0 saturated carbocycles. The van der Waals surface area contributed by atoms with E-state index < -0.39 is 0 Å². The van der Waals surface area contributed by atoms with Crippen LogP contribution in [0.25, 0.3) is 11.1 Å². The number of hydrogen-bond donors (Lipinski definition) is 0. The zero-order chi connectivity index (χ0) is 18.8. The van der Waals surface area contributed by atoms with Crippen molar-refractivity contribution < 1.29 is 4.74 Å². The third-order valence-corrected chi connectivity index (χ3v) is 4.85. The fraction of sp³-hybridized carbons (Fsp3) is 0.286. The van der Waals surface area contributed by atoms with Crippen LogP contribution in [0.5, 0.6) is 0 Å². The number of anilines is 1. The highest BCUT2D eigenvalue weighted by Crippen LogP contribution is 2.27. The van der Waals surface area contributed by atoms with E-state index in [1.807, 2.05) is 56.4 Å². The maximum absolute atomic E-state index is 6.09. The Morgan fingerprint density at radius 1 is 1.07 bits per heavy atom. The molecule has 1 atom stereocenters. The molecule has 1 aliphatic heterocycles. The maximum atomic E-state index is 6.09. The van der Waals surface area contributed by atoms with E-state index in [-0.39, 0.29) is 6.10 Å². The molecule has 1 saturated heterocycles. The summed E-state index contributed by atoms with van der Waals surface area (Å²) in [6.07, 6.45) is 1.80. The molecule has 5 nitrogen and oxygen atoms in total. The standard InChI is InChI=1S/C21H21ClN4O/c1-14-10-21(25-15(2)24-14)26-8-9-27-20(13-26)19-7-6-17(12-23-19)16-4-3-5-18(22)11-16/h3-7,10-12,20H,8-9,13H2,1-2H3. The number of morpholine rings is 1. The summed E-state index contributed by atoms with van der Waals surface area (Å²) >= 11 is 6.09. The fourth-order valence-corrected chi connectivity index (χ4v) is 3.52. The molecule has 0 radical (unpaired) electrons. The Labute approximate surface area is 164 Å². The first-order chi connectivity index (χ1) is 13.1. The highest BCUT2D eigenvalue weighted by atomic mass is 35.5. The summed E-state index contributed by atoms with van der Waals surface area (Å²) in [5.41, 5.74) is 3.99. The first-order valence-corrected chi connectivity index (χ1v) is 9.37. The van der Waals surface area contributed by atoms with Crippen LogP contribution in [0.1, 0.15) is 23.3 Å². The number of pyridine rings is 1. The Kier molecular flexibility index (Phi) is 5.05. The molecular formula is C21H21ClN4O. The van der Waals surface area contributed by atoms with Crippen molar-refractivity contribution in [3.63, 3.8) is 0 Å². The predicted octanol–water partition coefficient (Wildman–Crippen LogP) is 4.39. The van der Waals surface area contributed by atoms with E-state index in [1.165, 1.54) is 0 Å². The van der Waals surface area contributed by atoms with Crippen molar-refractivity contribution in [1.29, 1.82) is 0 Å². The largest absolute Gasteiger partial charge is 0.368 e. The third kappa shape index (κ3) is 4.10. The van der Waals surface area contributed by atoms with Gasteiger partial charge in [-0.3, -0.25) is 4.98 Å². The summed E-state index contributed by atoms with van der Waals surface area (Å²) in [5, 5.41) is 0.721. The van der Waals surface area contributed by atoms with E-state index in [9.17, 15) is 0 Å². The van der Waals surface area contributed by atoms with Crippen molar-refractivity contribution in [1.82, 2.24) is 15.0 Å². The van der Waals surface area contributed by atoms with Crippen molar-refractivity contribution in [3.05, 3.63) is 70.9 Å². The molecule has 1 unspecified atom stereocenters. The minimum absolute atomic E-state index is 0.0808. The van der Waals surface area contributed by atoms with Crippen LogP contribution in [-0.4, -0.2) is 34.6 Å². The molecule has 4 rings (SSSR count). The van der Waals surface area contributed by atoms with Crippen molar-refractivity contribution in [3.8, 4) is 11.1 Å². The minimum Gasteiger partial charge on any atom is -0.368 e. The molecule has 2 aromatic heterocycles. The number of halogens is 1. The molecule has 1 aliphatic rings. The first-order valence-electron chi connectivity index (χ1n) is 8.99. The number of nitrogens with zero attached hydrogens (tertiary/aromatic N) is 4. The monoisotopic (exact) mass is 380 g/mol. The molecule has 3 aromatic rings. The van der Waals surface area contributed by atoms with Gasteiger partial charge in [0.15, 0.2) is 0 Å². The van der Waals surface area contributed by atoms with Crippen molar-refractivity contribution in [2.75, 3.05) is 24.6 Å². The summed E-state index contributed by atoms with van der Waals surface area (Å²) in [5.74, 6) is 1.74. The molecule has 3 heterocycles. The van der Waals surface area contributed by atoms with E-state index in [2.05, 4.69) is 25.9 Å². The third-order valence-electron chi connectivity index (χ3n) is 4.62. The number of hydrogen-bond acceptors (Lipinski definition) is 5. The summed E-state index contributed by atoms with van der Waals surface area (Å²) in [7, 11) is 0. The average Bonchev–Trinajstić information content (AvgIpc) is 2.67. The lowest BCUT2D eigenvalue weighted by Crippen LogP contribution is -2.39. The topological polar surface area (TPSA) is 51.1 Å². The van der Waals surface area contributed by atoms with Gasteiger partial charge in [0, 0.05) is 35.1 Å². The number of aryl methyl sites for hydroxylation is 2. The van der Waals surface area contributed by atoms with Crippen LogP contribution in [0.2, 0.25) is 5.02 Å². The summed E-state index contributed by atoms with van der Waals surface area (Å²) in [4.78, 5) is 15.8. The Hall–Kier alpha value is -2.50. The van der Waals surface area contributed by atoms with E-state index in [4.69, 9.17) is 16.3 Å². The molecular weight excluding hydrogens is 360 g/mol. The molecule has 27 heavy (non-hydrogen) atoms. The van der Waals surface area contributed by atoms with Crippen molar-refractivity contribution >= 4 is 17.4 Å². The number of aromatic nitrogens is 3. The van der Waals surface area contributed by atoms with Crippen molar-refractivity contribution in [2.45, 2.75) is 20.0 Å². The lowest BCUT2D eigenvalue weighted by Gasteiger charge is -2.33. The molecule has 0 N–H and O–H groups in total. The summed E-state index contributed by atoms with van der Waals surface area (Å²) in [6.45, 7) is 6.09. The van der Waals surface area contributed by atoms with E-state index in [1.54, 1.807) is 0 Å². The normalized spacial score (nSPS) is 17.1. The lowest BCUT2D eigenvalue weighted by atomic mass is 10.1. The van der Waals surface area contributed by atoms with Gasteiger partial charge < -0.3 is 9.64 Å². The van der Waals surface area contributed by atoms with E-state index in [0.29, 0.717) is 6.61 Å². The zero-order valence-electron chi connectivity index (χ0n) is 15.4. The lowest BCUT2D eigenvalue weighted by molar-refractivity contribution is 0.0367. The van der Waals surface area contributed by atoms with E-state index >= 15 is 0 Å². The van der Waals surface area contributed by atoms with Gasteiger partial charge in [0.1, 0.15) is 17.7 Å². The first kappa shape index (κ1) is 17.9. The summed E-state index contributed by atoms with van der Waals surface area (Å²) in [6, 6.07) is 13.9. The fourth-order valence-electron chi connectivity index (χ4n) is 3.33. The van der Waals surface area contributed by atoms with Gasteiger partial charge in [0.05, 0.1) is 18.8 Å². The summed E-state index contributed by atoms with van der Waals surface area (Å²) < 4.78 is 5.97. The minimum atomic E-state index is -0.0808. The van der Waals surface area contributed by atoms with Gasteiger partial charge >= 0.3 is 0 Å².